The number of hydrogen-bond acceptors (Lipinski definition) is 6. The standard InChI is InChI=1S/C13H18N4O3S/c1-2-12-11-6-10(8-15-13(11)20-16-12)21(18,19)17-5-3-4-9(17)7-14/h6,8-9H,2-5,7,14H2,1H3. The second-order valence-electron chi connectivity index (χ2n) is 5.15. The molecule has 2 aromatic rings. The highest BCUT2D eigenvalue weighted by atomic mass is 32.2. The second-order valence-corrected chi connectivity index (χ2v) is 7.04. The van der Waals surface area contributed by atoms with E-state index < -0.39 is 10.0 Å². The van der Waals surface area contributed by atoms with E-state index in [0.717, 1.165) is 12.8 Å². The largest absolute Gasteiger partial charge is 0.336 e. The van der Waals surface area contributed by atoms with Crippen LogP contribution in [0.5, 0.6) is 0 Å². The first-order valence-corrected chi connectivity index (χ1v) is 8.48. The van der Waals surface area contributed by atoms with Gasteiger partial charge in [0.15, 0.2) is 0 Å². The van der Waals surface area contributed by atoms with E-state index in [1.807, 2.05) is 6.92 Å². The number of nitrogens with two attached hydrogens (primary N) is 1. The van der Waals surface area contributed by atoms with Gasteiger partial charge < -0.3 is 10.3 Å². The fourth-order valence-corrected chi connectivity index (χ4v) is 4.43. The van der Waals surface area contributed by atoms with Crippen molar-refractivity contribution in [3.05, 3.63) is 18.0 Å². The Morgan fingerprint density at radius 3 is 3.05 bits per heavy atom. The van der Waals surface area contributed by atoms with Crippen LogP contribution in [0.3, 0.4) is 0 Å². The predicted molar refractivity (Wildman–Crippen MR) is 77.2 cm³/mol. The lowest BCUT2D eigenvalue weighted by Crippen LogP contribution is -2.39. The van der Waals surface area contributed by atoms with Gasteiger partial charge >= 0.3 is 0 Å². The third-order valence-corrected chi connectivity index (χ3v) is 5.83. The second kappa shape index (κ2) is 5.36. The Hall–Kier alpha value is -1.51. The molecule has 0 aliphatic carbocycles. The van der Waals surface area contributed by atoms with Gasteiger partial charge in [-0.05, 0) is 25.3 Å². The van der Waals surface area contributed by atoms with Crippen LogP contribution < -0.4 is 5.73 Å². The highest BCUT2D eigenvalue weighted by Crippen LogP contribution is 2.27. The number of fused-ring (bicyclic) bond motifs is 1. The lowest BCUT2D eigenvalue weighted by atomic mass is 10.2. The summed E-state index contributed by atoms with van der Waals surface area (Å²) in [6, 6.07) is 1.47. The molecule has 1 atom stereocenters. The van der Waals surface area contributed by atoms with Gasteiger partial charge in [-0.1, -0.05) is 12.1 Å². The van der Waals surface area contributed by atoms with Crippen molar-refractivity contribution in [2.24, 2.45) is 5.73 Å². The topological polar surface area (TPSA) is 102 Å². The molecule has 0 radical (unpaired) electrons. The van der Waals surface area contributed by atoms with Crippen molar-refractivity contribution in [2.45, 2.75) is 37.1 Å². The maximum absolute atomic E-state index is 12.7. The fraction of sp³-hybridized carbons (Fsp3) is 0.538. The Balaban J connectivity index is 2.06. The van der Waals surface area contributed by atoms with Crippen molar-refractivity contribution in [1.29, 1.82) is 0 Å². The summed E-state index contributed by atoms with van der Waals surface area (Å²) in [6.45, 7) is 2.78. The number of sulfonamides is 1. The molecule has 0 aromatic carbocycles. The molecule has 1 saturated heterocycles. The van der Waals surface area contributed by atoms with Gasteiger partial charge in [0.25, 0.3) is 5.71 Å². The molecule has 7 nitrogen and oxygen atoms in total. The Labute approximate surface area is 123 Å². The van der Waals surface area contributed by atoms with Crippen molar-refractivity contribution in [3.63, 3.8) is 0 Å². The number of pyridine rings is 1. The molecule has 0 amide bonds. The highest BCUT2D eigenvalue weighted by molar-refractivity contribution is 7.89. The number of hydrogen-bond donors (Lipinski definition) is 1. The molecule has 21 heavy (non-hydrogen) atoms. The molecule has 0 saturated carbocycles. The fourth-order valence-electron chi connectivity index (χ4n) is 2.75. The third-order valence-electron chi connectivity index (χ3n) is 3.92. The first kappa shape index (κ1) is 14.4. The quantitative estimate of drug-likeness (QED) is 0.900. The summed E-state index contributed by atoms with van der Waals surface area (Å²) in [5.74, 6) is 0. The van der Waals surface area contributed by atoms with Crippen molar-refractivity contribution < 1.29 is 12.9 Å². The third kappa shape index (κ3) is 2.33. The molecule has 8 heteroatoms. The van der Waals surface area contributed by atoms with Crippen molar-refractivity contribution in [3.8, 4) is 0 Å². The van der Waals surface area contributed by atoms with Crippen LogP contribution in [-0.2, 0) is 16.4 Å². The van der Waals surface area contributed by atoms with Gasteiger partial charge in [-0.2, -0.15) is 4.31 Å². The summed E-state index contributed by atoms with van der Waals surface area (Å²) in [4.78, 5) is 4.25. The minimum Gasteiger partial charge on any atom is -0.336 e. The van der Waals surface area contributed by atoms with Crippen LogP contribution in [-0.4, -0.2) is 42.0 Å². The van der Waals surface area contributed by atoms with Crippen LogP contribution in [0.1, 0.15) is 25.5 Å². The SMILES string of the molecule is CCc1noc2ncc(S(=O)(=O)N3CCCC3CN)cc12. The zero-order chi connectivity index (χ0) is 15.0. The monoisotopic (exact) mass is 310 g/mol. The summed E-state index contributed by atoms with van der Waals surface area (Å²) >= 11 is 0. The maximum Gasteiger partial charge on any atom is 0.258 e. The first-order chi connectivity index (χ1) is 10.1. The van der Waals surface area contributed by atoms with Crippen molar-refractivity contribution in [2.75, 3.05) is 13.1 Å². The molecule has 0 bridgehead atoms. The van der Waals surface area contributed by atoms with E-state index in [2.05, 4.69) is 10.1 Å². The summed E-state index contributed by atoms with van der Waals surface area (Å²) in [5.41, 5.74) is 6.75. The lowest BCUT2D eigenvalue weighted by Gasteiger charge is -2.22. The molecule has 2 aromatic heterocycles. The molecule has 1 fully saturated rings. The summed E-state index contributed by atoms with van der Waals surface area (Å²) in [6.07, 6.45) is 3.63. The number of aryl methyl sites for hydroxylation is 1. The van der Waals surface area contributed by atoms with E-state index in [0.29, 0.717) is 36.3 Å². The van der Waals surface area contributed by atoms with Crippen LogP contribution in [0.4, 0.5) is 0 Å². The predicted octanol–water partition coefficient (Wildman–Crippen LogP) is 0.897. The Kier molecular flexibility index (Phi) is 3.68. The molecule has 3 heterocycles. The number of rotatable bonds is 4. The van der Waals surface area contributed by atoms with Crippen molar-refractivity contribution >= 4 is 21.1 Å². The molecule has 1 aliphatic rings. The van der Waals surface area contributed by atoms with E-state index >= 15 is 0 Å². The van der Waals surface area contributed by atoms with Crippen LogP contribution in [0, 0.1) is 0 Å². The average molecular weight is 310 g/mol. The number of nitrogens with zero attached hydrogens (tertiary/aromatic N) is 3. The van der Waals surface area contributed by atoms with Gasteiger partial charge in [0.05, 0.1) is 17.3 Å². The van der Waals surface area contributed by atoms with Crippen LogP contribution in [0.15, 0.2) is 21.7 Å². The zero-order valence-corrected chi connectivity index (χ0v) is 12.6. The molecular formula is C13H18N4O3S. The zero-order valence-electron chi connectivity index (χ0n) is 11.8. The summed E-state index contributed by atoms with van der Waals surface area (Å²) in [5, 5.41) is 4.55. The van der Waals surface area contributed by atoms with Gasteiger partial charge in [-0.3, -0.25) is 0 Å². The first-order valence-electron chi connectivity index (χ1n) is 7.04. The van der Waals surface area contributed by atoms with Gasteiger partial charge in [-0.15, -0.1) is 0 Å². The van der Waals surface area contributed by atoms with Crippen LogP contribution in [0.2, 0.25) is 0 Å². The van der Waals surface area contributed by atoms with Crippen LogP contribution >= 0.6 is 0 Å². The summed E-state index contributed by atoms with van der Waals surface area (Å²) < 4.78 is 32.1. The van der Waals surface area contributed by atoms with Crippen molar-refractivity contribution in [1.82, 2.24) is 14.4 Å². The molecule has 1 aliphatic heterocycles. The molecular weight excluding hydrogens is 292 g/mol. The highest BCUT2D eigenvalue weighted by Gasteiger charge is 2.35. The Bertz CT molecular complexity index is 756. The number of aromatic nitrogens is 2. The van der Waals surface area contributed by atoms with E-state index in [4.69, 9.17) is 10.3 Å². The van der Waals surface area contributed by atoms with Crippen LogP contribution in [0.25, 0.3) is 11.1 Å². The average Bonchev–Trinajstić information content (AvgIpc) is 3.12. The van der Waals surface area contributed by atoms with E-state index in [1.54, 1.807) is 6.07 Å². The normalized spacial score (nSPS) is 20.4. The molecule has 0 spiro atoms. The van der Waals surface area contributed by atoms with Gasteiger partial charge in [-0.25, -0.2) is 13.4 Å². The smallest absolute Gasteiger partial charge is 0.258 e. The molecule has 1 unspecified atom stereocenters. The lowest BCUT2D eigenvalue weighted by molar-refractivity contribution is 0.393. The summed E-state index contributed by atoms with van der Waals surface area (Å²) in [7, 11) is -3.57. The Morgan fingerprint density at radius 1 is 1.52 bits per heavy atom. The van der Waals surface area contributed by atoms with E-state index in [9.17, 15) is 8.42 Å². The van der Waals surface area contributed by atoms with Gasteiger partial charge in [0.2, 0.25) is 10.0 Å². The minimum atomic E-state index is -3.57. The van der Waals surface area contributed by atoms with E-state index in [1.165, 1.54) is 10.5 Å². The molecule has 2 N–H and O–H groups in total. The molecule has 3 rings (SSSR count). The Morgan fingerprint density at radius 2 is 2.33 bits per heavy atom. The minimum absolute atomic E-state index is 0.126. The maximum atomic E-state index is 12.7. The van der Waals surface area contributed by atoms with Gasteiger partial charge in [0.1, 0.15) is 4.90 Å². The van der Waals surface area contributed by atoms with Gasteiger partial charge in [0, 0.05) is 19.1 Å². The van der Waals surface area contributed by atoms with E-state index in [-0.39, 0.29) is 10.9 Å². The molecule has 114 valence electrons.